The average Bonchev–Trinajstić information content (AvgIpc) is 3.05. The van der Waals surface area contributed by atoms with Crippen LogP contribution in [-0.4, -0.2) is 100 Å². The first-order valence-corrected chi connectivity index (χ1v) is 18.6. The number of rotatable bonds is 29. The van der Waals surface area contributed by atoms with Crippen molar-refractivity contribution < 1.29 is 33.3 Å². The molecule has 0 spiro atoms. The third kappa shape index (κ3) is 21.9. The summed E-state index contributed by atoms with van der Waals surface area (Å²) >= 11 is 0. The van der Waals surface area contributed by atoms with Gasteiger partial charge < -0.3 is 33.5 Å². The van der Waals surface area contributed by atoms with E-state index in [1.54, 1.807) is 12.0 Å². The Labute approximate surface area is 276 Å². The highest BCUT2D eigenvalue weighted by Gasteiger charge is 2.33. The number of methoxy groups -OCH3 is 1. The van der Waals surface area contributed by atoms with Crippen LogP contribution in [0, 0.1) is 0 Å². The van der Waals surface area contributed by atoms with E-state index in [9.17, 15) is 9.59 Å². The zero-order valence-electron chi connectivity index (χ0n) is 29.9. The minimum absolute atomic E-state index is 0.205. The molecule has 45 heavy (non-hydrogen) atoms. The number of carbonyl (C=O) groups excluding carboxylic acids is 2. The fraction of sp³-hybridized carbons (Fsp3) is 0.944. The van der Waals surface area contributed by atoms with Crippen LogP contribution in [0.25, 0.3) is 0 Å². The van der Waals surface area contributed by atoms with Crippen molar-refractivity contribution in [2.75, 3.05) is 59.7 Å². The number of hydrogen-bond acceptors (Lipinski definition) is 8. The van der Waals surface area contributed by atoms with E-state index in [1.807, 2.05) is 0 Å². The summed E-state index contributed by atoms with van der Waals surface area (Å²) in [4.78, 5) is 29.6. The van der Waals surface area contributed by atoms with Crippen molar-refractivity contribution in [2.45, 2.75) is 162 Å². The molecule has 1 aliphatic heterocycles. The van der Waals surface area contributed by atoms with Crippen molar-refractivity contribution in [2.24, 2.45) is 0 Å². The lowest BCUT2D eigenvalue weighted by Gasteiger charge is -2.36. The molecule has 0 bridgehead atoms. The summed E-state index contributed by atoms with van der Waals surface area (Å²) in [6.45, 7) is 14.0. The lowest BCUT2D eigenvalue weighted by Crippen LogP contribution is -2.50. The van der Waals surface area contributed by atoms with Gasteiger partial charge in [-0.05, 0) is 32.4 Å². The molecule has 266 valence electrons. The van der Waals surface area contributed by atoms with Crippen LogP contribution in [0.15, 0.2) is 0 Å². The molecule has 0 aromatic heterocycles. The van der Waals surface area contributed by atoms with E-state index < -0.39 is 12.4 Å². The van der Waals surface area contributed by atoms with Crippen LogP contribution in [0.5, 0.6) is 0 Å². The first-order chi connectivity index (χ1) is 22.0. The SMILES string of the molecule is CCCCCCCCCOC(CCC(=O)OC1CC(OC)CN(C(=O)OCCCN(CC)CC)C1)OCCCCCCCCC. The molecule has 2 atom stereocenters. The normalized spacial score (nSPS) is 16.9. The van der Waals surface area contributed by atoms with Crippen LogP contribution >= 0.6 is 0 Å². The first kappa shape index (κ1) is 41.6. The van der Waals surface area contributed by atoms with E-state index >= 15 is 0 Å². The van der Waals surface area contributed by atoms with Gasteiger partial charge in [-0.2, -0.15) is 0 Å². The third-order valence-electron chi connectivity index (χ3n) is 8.69. The van der Waals surface area contributed by atoms with Crippen molar-refractivity contribution >= 4 is 12.1 Å². The van der Waals surface area contributed by atoms with Crippen molar-refractivity contribution in [3.8, 4) is 0 Å². The monoisotopic (exact) mass is 643 g/mol. The Morgan fingerprint density at radius 1 is 0.711 bits per heavy atom. The molecule has 0 N–H and O–H groups in total. The molecule has 0 aromatic rings. The molecule has 0 aromatic carbocycles. The van der Waals surface area contributed by atoms with Gasteiger partial charge in [0.1, 0.15) is 6.10 Å². The summed E-state index contributed by atoms with van der Waals surface area (Å²) in [7, 11) is 1.62. The van der Waals surface area contributed by atoms with E-state index in [0.29, 0.717) is 45.8 Å². The summed E-state index contributed by atoms with van der Waals surface area (Å²) in [5, 5.41) is 0. The molecule has 1 aliphatic rings. The van der Waals surface area contributed by atoms with Gasteiger partial charge in [-0.25, -0.2) is 4.79 Å². The molecule has 1 heterocycles. The average molecular weight is 643 g/mol. The number of piperidine rings is 1. The van der Waals surface area contributed by atoms with Crippen molar-refractivity contribution in [3.63, 3.8) is 0 Å². The van der Waals surface area contributed by atoms with Crippen molar-refractivity contribution in [3.05, 3.63) is 0 Å². The van der Waals surface area contributed by atoms with Gasteiger partial charge in [0.2, 0.25) is 0 Å². The summed E-state index contributed by atoms with van der Waals surface area (Å²) in [5.41, 5.74) is 0. The van der Waals surface area contributed by atoms with E-state index in [-0.39, 0.29) is 24.6 Å². The number of amides is 1. The summed E-state index contributed by atoms with van der Waals surface area (Å²) in [6, 6.07) is 0. The molecular formula is C36H70N2O7. The predicted molar refractivity (Wildman–Crippen MR) is 182 cm³/mol. The zero-order chi connectivity index (χ0) is 33.0. The molecule has 1 fully saturated rings. The van der Waals surface area contributed by atoms with Gasteiger partial charge in [-0.15, -0.1) is 0 Å². The number of likely N-dealkylation sites (tertiary alicyclic amines) is 1. The summed E-state index contributed by atoms with van der Waals surface area (Å²) in [6.07, 6.45) is 17.8. The second-order valence-corrected chi connectivity index (χ2v) is 12.6. The largest absolute Gasteiger partial charge is 0.460 e. The van der Waals surface area contributed by atoms with Gasteiger partial charge >= 0.3 is 12.1 Å². The maximum absolute atomic E-state index is 12.9. The van der Waals surface area contributed by atoms with E-state index in [2.05, 4.69) is 32.6 Å². The molecule has 0 saturated carbocycles. The van der Waals surface area contributed by atoms with Crippen LogP contribution in [0.3, 0.4) is 0 Å². The fourth-order valence-corrected chi connectivity index (χ4v) is 5.74. The Bertz CT molecular complexity index is 687. The number of hydrogen-bond donors (Lipinski definition) is 0. The van der Waals surface area contributed by atoms with Gasteiger partial charge in [0.05, 0.1) is 32.2 Å². The molecule has 2 unspecified atom stereocenters. The topological polar surface area (TPSA) is 86.8 Å². The first-order valence-electron chi connectivity index (χ1n) is 18.6. The fourth-order valence-electron chi connectivity index (χ4n) is 5.74. The quantitative estimate of drug-likeness (QED) is 0.0459. The zero-order valence-corrected chi connectivity index (χ0v) is 29.9. The number of unbranched alkanes of at least 4 members (excludes halogenated alkanes) is 12. The number of carbonyl (C=O) groups is 2. The highest BCUT2D eigenvalue weighted by atomic mass is 16.7. The molecule has 0 radical (unpaired) electrons. The lowest BCUT2D eigenvalue weighted by molar-refractivity contribution is -0.165. The molecule has 1 rings (SSSR count). The molecule has 1 saturated heterocycles. The van der Waals surface area contributed by atoms with Gasteiger partial charge in [0.25, 0.3) is 0 Å². The Kier molecular flexibility index (Phi) is 26.6. The van der Waals surface area contributed by atoms with Crippen LogP contribution < -0.4 is 0 Å². The van der Waals surface area contributed by atoms with Crippen LogP contribution in [0.2, 0.25) is 0 Å². The molecule has 9 nitrogen and oxygen atoms in total. The Morgan fingerprint density at radius 2 is 1.24 bits per heavy atom. The minimum Gasteiger partial charge on any atom is -0.460 e. The molecule has 0 aliphatic carbocycles. The summed E-state index contributed by atoms with van der Waals surface area (Å²) in [5.74, 6) is -0.298. The van der Waals surface area contributed by atoms with Crippen LogP contribution in [0.4, 0.5) is 4.79 Å². The predicted octanol–water partition coefficient (Wildman–Crippen LogP) is 8.13. The number of nitrogens with zero attached hydrogens (tertiary/aromatic N) is 2. The highest BCUT2D eigenvalue weighted by molar-refractivity contribution is 5.70. The second-order valence-electron chi connectivity index (χ2n) is 12.6. The van der Waals surface area contributed by atoms with Gasteiger partial charge in [-0.3, -0.25) is 4.79 Å². The highest BCUT2D eigenvalue weighted by Crippen LogP contribution is 2.19. The van der Waals surface area contributed by atoms with Crippen LogP contribution in [-0.2, 0) is 28.5 Å². The van der Waals surface area contributed by atoms with Gasteiger partial charge in [-0.1, -0.05) is 105 Å². The molecule has 1 amide bonds. The summed E-state index contributed by atoms with van der Waals surface area (Å²) < 4.78 is 29.1. The van der Waals surface area contributed by atoms with E-state index in [4.69, 9.17) is 23.7 Å². The van der Waals surface area contributed by atoms with Gasteiger partial charge in [0.15, 0.2) is 6.29 Å². The van der Waals surface area contributed by atoms with Crippen molar-refractivity contribution in [1.29, 1.82) is 0 Å². The maximum Gasteiger partial charge on any atom is 0.409 e. The standard InChI is InChI=1S/C36H70N2O7/c1-6-10-12-14-16-18-20-26-42-35(43-27-21-19-17-15-13-11-7-2)24-23-34(39)45-33-29-32(41-5)30-38(31-33)36(40)44-28-22-25-37(8-3)9-4/h32-33,35H,6-31H2,1-5H3. The molecule has 9 heteroatoms. The second kappa shape index (κ2) is 28.8. The maximum atomic E-state index is 12.9. The molecular weight excluding hydrogens is 572 g/mol. The third-order valence-corrected chi connectivity index (χ3v) is 8.69. The number of ether oxygens (including phenoxy) is 5. The van der Waals surface area contributed by atoms with Gasteiger partial charge in [0, 0.05) is 39.7 Å². The number of esters is 1. The smallest absolute Gasteiger partial charge is 0.409 e. The lowest BCUT2D eigenvalue weighted by atomic mass is 10.1. The van der Waals surface area contributed by atoms with E-state index in [1.165, 1.54) is 64.2 Å². The van der Waals surface area contributed by atoms with E-state index in [0.717, 1.165) is 51.7 Å². The van der Waals surface area contributed by atoms with Crippen molar-refractivity contribution in [1.82, 2.24) is 9.80 Å². The Balaban J connectivity index is 2.49. The Morgan fingerprint density at radius 3 is 1.78 bits per heavy atom. The minimum atomic E-state index is -0.430. The van der Waals surface area contributed by atoms with Crippen LogP contribution in [0.1, 0.15) is 143 Å². The Hall–Kier alpha value is -1.42.